The van der Waals surface area contributed by atoms with Crippen LogP contribution in [-0.2, 0) is 14.8 Å². The maximum atomic E-state index is 13.1. The highest BCUT2D eigenvalue weighted by Gasteiger charge is 2.34. The Morgan fingerprint density at radius 3 is 2.31 bits per heavy atom. The summed E-state index contributed by atoms with van der Waals surface area (Å²) in [5.74, 6) is 0.517. The minimum Gasteiger partial charge on any atom is -0.484 e. The van der Waals surface area contributed by atoms with Crippen LogP contribution in [0.15, 0.2) is 54.6 Å². The first-order valence-electron chi connectivity index (χ1n) is 9.76. The molecule has 0 N–H and O–H groups in total. The molecule has 7 heteroatoms. The lowest BCUT2D eigenvalue weighted by atomic mass is 10.1. The fourth-order valence-corrected chi connectivity index (χ4v) is 5.42. The number of para-hydroxylation sites is 1. The van der Waals surface area contributed by atoms with Crippen molar-refractivity contribution in [2.75, 3.05) is 32.8 Å². The van der Waals surface area contributed by atoms with E-state index in [1.807, 2.05) is 54.6 Å². The third-order valence-electron chi connectivity index (χ3n) is 5.37. The van der Waals surface area contributed by atoms with Crippen LogP contribution >= 0.6 is 0 Å². The lowest BCUT2D eigenvalue weighted by molar-refractivity contribution is -0.134. The fourth-order valence-electron chi connectivity index (χ4n) is 3.70. The number of benzene rings is 2. The van der Waals surface area contributed by atoms with Crippen molar-refractivity contribution >= 4 is 28.1 Å². The van der Waals surface area contributed by atoms with Crippen molar-refractivity contribution in [2.45, 2.75) is 11.7 Å². The van der Waals surface area contributed by atoms with Gasteiger partial charge in [-0.1, -0.05) is 54.6 Å². The molecule has 1 heterocycles. The molecular formula is C22H24N2O4S. The number of hydrogen-bond acceptors (Lipinski definition) is 4. The molecule has 1 unspecified atom stereocenters. The van der Waals surface area contributed by atoms with Gasteiger partial charge in [-0.25, -0.2) is 8.42 Å². The minimum atomic E-state index is -3.45. The molecule has 0 saturated carbocycles. The summed E-state index contributed by atoms with van der Waals surface area (Å²) in [5, 5.41) is 1.48. The summed E-state index contributed by atoms with van der Waals surface area (Å²) in [6, 6.07) is 17.0. The minimum absolute atomic E-state index is 0.0427. The maximum Gasteiger partial charge on any atom is 0.260 e. The predicted molar refractivity (Wildman–Crippen MR) is 112 cm³/mol. The Balaban J connectivity index is 1.35. The topological polar surface area (TPSA) is 66.9 Å². The zero-order valence-corrected chi connectivity index (χ0v) is 16.9. The Morgan fingerprint density at radius 2 is 1.59 bits per heavy atom. The lowest BCUT2D eigenvalue weighted by Crippen LogP contribution is -2.53. The van der Waals surface area contributed by atoms with Crippen LogP contribution in [0, 0.1) is 0 Å². The Morgan fingerprint density at radius 1 is 0.931 bits per heavy atom. The number of rotatable bonds is 5. The van der Waals surface area contributed by atoms with Gasteiger partial charge in [0.15, 0.2) is 6.61 Å². The first kappa shape index (κ1) is 19.7. The van der Waals surface area contributed by atoms with Crippen molar-refractivity contribution in [3.63, 3.8) is 0 Å². The van der Waals surface area contributed by atoms with Crippen LogP contribution in [0.4, 0.5) is 0 Å². The molecular weight excluding hydrogens is 388 g/mol. The predicted octanol–water partition coefficient (Wildman–Crippen LogP) is 0.573. The largest absolute Gasteiger partial charge is 0.484 e. The van der Waals surface area contributed by atoms with Gasteiger partial charge in [-0.3, -0.25) is 4.79 Å². The molecule has 1 atom stereocenters. The van der Waals surface area contributed by atoms with Gasteiger partial charge in [-0.05, 0) is 29.0 Å². The first-order chi connectivity index (χ1) is 14.0. The molecule has 6 nitrogen and oxygen atoms in total. The summed E-state index contributed by atoms with van der Waals surface area (Å²) in [6.45, 7) is 1.34. The monoisotopic (exact) mass is 412 g/mol. The number of sulfonamides is 1. The van der Waals surface area contributed by atoms with Crippen molar-refractivity contribution < 1.29 is 17.9 Å². The van der Waals surface area contributed by atoms with Crippen LogP contribution in [0.3, 0.4) is 0 Å². The zero-order chi connectivity index (χ0) is 20.3. The van der Waals surface area contributed by atoms with E-state index in [2.05, 4.69) is 0 Å². The second-order valence-electron chi connectivity index (χ2n) is 7.20. The van der Waals surface area contributed by atoms with Gasteiger partial charge in [-0.2, -0.15) is 4.31 Å². The van der Waals surface area contributed by atoms with Gasteiger partial charge in [0.1, 0.15) is 5.75 Å². The van der Waals surface area contributed by atoms with E-state index >= 15 is 0 Å². The Hall–Kier alpha value is -2.64. The van der Waals surface area contributed by atoms with Crippen molar-refractivity contribution in [1.29, 1.82) is 0 Å². The van der Waals surface area contributed by atoms with Gasteiger partial charge >= 0.3 is 0 Å². The molecule has 2 aromatic carbocycles. The summed E-state index contributed by atoms with van der Waals surface area (Å²) < 4.78 is 33.2. The molecule has 1 aliphatic carbocycles. The Kier molecular flexibility index (Phi) is 5.69. The normalized spacial score (nSPS) is 19.6. The van der Waals surface area contributed by atoms with Gasteiger partial charge < -0.3 is 9.64 Å². The Labute approximate surface area is 170 Å². The van der Waals surface area contributed by atoms with Crippen molar-refractivity contribution in [3.8, 4) is 5.75 Å². The fraction of sp³-hybridized carbons (Fsp3) is 0.318. The molecule has 0 bridgehead atoms. The summed E-state index contributed by atoms with van der Waals surface area (Å²) in [4.78, 5) is 14.1. The van der Waals surface area contributed by atoms with Crippen LogP contribution in [0.2, 0.25) is 0 Å². The molecule has 4 rings (SSSR count). The van der Waals surface area contributed by atoms with Crippen LogP contribution in [0.1, 0.15) is 6.42 Å². The molecule has 0 radical (unpaired) electrons. The van der Waals surface area contributed by atoms with E-state index in [9.17, 15) is 13.2 Å². The van der Waals surface area contributed by atoms with E-state index in [1.54, 1.807) is 17.0 Å². The van der Waals surface area contributed by atoms with E-state index < -0.39 is 15.3 Å². The number of carbonyl (C=O) groups excluding carboxylic acids is 1. The van der Waals surface area contributed by atoms with E-state index in [0.29, 0.717) is 38.3 Å². The van der Waals surface area contributed by atoms with Gasteiger partial charge in [0, 0.05) is 26.2 Å². The summed E-state index contributed by atoms with van der Waals surface area (Å²) in [5.41, 5.74) is 0. The molecule has 2 aliphatic rings. The highest BCUT2D eigenvalue weighted by atomic mass is 32.2. The van der Waals surface area contributed by atoms with Crippen LogP contribution < -0.4 is 15.2 Å². The summed E-state index contributed by atoms with van der Waals surface area (Å²) in [6.07, 6.45) is 4.30. The van der Waals surface area contributed by atoms with Gasteiger partial charge in [0.2, 0.25) is 10.0 Å². The molecule has 29 heavy (non-hydrogen) atoms. The van der Waals surface area contributed by atoms with Gasteiger partial charge in [-0.15, -0.1) is 0 Å². The average molecular weight is 413 g/mol. The van der Waals surface area contributed by atoms with Crippen molar-refractivity contribution in [3.05, 3.63) is 65.0 Å². The number of hydrogen-bond donors (Lipinski definition) is 0. The molecule has 1 fully saturated rings. The average Bonchev–Trinajstić information content (AvgIpc) is 2.78. The SMILES string of the molecule is O=C(COc1ccccc1)N1CCN(S(=O)(=O)C2C=c3ccccc3=CC2)CC1. The first-order valence-corrected chi connectivity index (χ1v) is 11.3. The van der Waals surface area contributed by atoms with Gasteiger partial charge in [0.05, 0.1) is 5.25 Å². The number of piperazine rings is 1. The van der Waals surface area contributed by atoms with E-state index in [4.69, 9.17) is 4.74 Å². The lowest BCUT2D eigenvalue weighted by Gasteiger charge is -2.35. The number of nitrogens with zero attached hydrogens (tertiary/aromatic N) is 2. The molecule has 1 amide bonds. The molecule has 152 valence electrons. The zero-order valence-electron chi connectivity index (χ0n) is 16.1. The highest BCUT2D eigenvalue weighted by Crippen LogP contribution is 2.18. The van der Waals surface area contributed by atoms with Crippen LogP contribution in [0.25, 0.3) is 12.2 Å². The highest BCUT2D eigenvalue weighted by molar-refractivity contribution is 7.90. The number of carbonyl (C=O) groups is 1. The Bertz CT molecular complexity index is 1090. The second kappa shape index (κ2) is 8.39. The summed E-state index contributed by atoms with van der Waals surface area (Å²) >= 11 is 0. The van der Waals surface area contributed by atoms with Crippen LogP contribution in [-0.4, -0.2) is 61.6 Å². The third kappa shape index (κ3) is 4.36. The molecule has 2 aromatic rings. The molecule has 0 spiro atoms. The number of ether oxygens (including phenoxy) is 1. The smallest absolute Gasteiger partial charge is 0.260 e. The van der Waals surface area contributed by atoms with E-state index in [-0.39, 0.29) is 12.5 Å². The molecule has 1 saturated heterocycles. The third-order valence-corrected chi connectivity index (χ3v) is 7.55. The van der Waals surface area contributed by atoms with E-state index in [1.165, 1.54) is 4.31 Å². The van der Waals surface area contributed by atoms with Gasteiger partial charge in [0.25, 0.3) is 5.91 Å². The second-order valence-corrected chi connectivity index (χ2v) is 9.35. The van der Waals surface area contributed by atoms with E-state index in [0.717, 1.165) is 10.4 Å². The maximum absolute atomic E-state index is 13.1. The quantitative estimate of drug-likeness (QED) is 0.720. The number of amides is 1. The number of fused-ring (bicyclic) bond motifs is 1. The van der Waals surface area contributed by atoms with Crippen molar-refractivity contribution in [1.82, 2.24) is 9.21 Å². The standard InChI is InChI=1S/C22H24N2O4S/c25-22(17-28-20-8-2-1-3-9-20)23-12-14-24(15-13-23)29(26,27)21-11-10-18-6-4-5-7-19(18)16-21/h1-10,16,21H,11-15,17H2. The molecule has 1 aliphatic heterocycles. The van der Waals surface area contributed by atoms with Crippen LogP contribution in [0.5, 0.6) is 5.75 Å². The summed E-state index contributed by atoms with van der Waals surface area (Å²) in [7, 11) is -3.45. The molecule has 0 aromatic heterocycles. The van der Waals surface area contributed by atoms with Crippen molar-refractivity contribution in [2.24, 2.45) is 0 Å².